The van der Waals surface area contributed by atoms with Gasteiger partial charge >= 0.3 is 0 Å². The standard InChI is InChI=1S/C27H47N7O4/c1-6-7-11-33-18-32(4)26-22(25(33)28)29-17-34(26)27-24(36)23(35)21(38-27)16-31(3)13-12-30(2)15-19-9-8-10-20(14-19)37-5/h8-10,14,21,23-24,26-27,29,35-36H,6-7,11-13,15-18,28H2,1-5H3/t21-,23-,24-,26?,27-/m1/s1. The summed E-state index contributed by atoms with van der Waals surface area (Å²) in [6.07, 6.45) is -0.994. The van der Waals surface area contributed by atoms with E-state index in [1.165, 1.54) is 5.56 Å². The van der Waals surface area contributed by atoms with E-state index in [9.17, 15) is 10.2 Å². The quantitative estimate of drug-likeness (QED) is 0.287. The predicted molar refractivity (Wildman–Crippen MR) is 147 cm³/mol. The summed E-state index contributed by atoms with van der Waals surface area (Å²) in [5.74, 6) is 1.62. The molecule has 2 saturated heterocycles. The first kappa shape index (κ1) is 28.9. The lowest BCUT2D eigenvalue weighted by atomic mass is 10.1. The van der Waals surface area contributed by atoms with Gasteiger partial charge in [0.25, 0.3) is 0 Å². The normalized spacial score (nSPS) is 28.4. The molecule has 3 aliphatic heterocycles. The smallest absolute Gasteiger partial charge is 0.142 e. The Bertz CT molecular complexity index is 950. The van der Waals surface area contributed by atoms with Gasteiger partial charge in [-0.1, -0.05) is 25.5 Å². The molecule has 1 unspecified atom stereocenters. The van der Waals surface area contributed by atoms with E-state index >= 15 is 0 Å². The topological polar surface area (TPSA) is 113 Å². The van der Waals surface area contributed by atoms with Gasteiger partial charge in [-0.15, -0.1) is 0 Å². The fourth-order valence-corrected chi connectivity index (χ4v) is 5.63. The maximum atomic E-state index is 11.0. The van der Waals surface area contributed by atoms with Crippen molar-refractivity contribution in [1.82, 2.24) is 29.8 Å². The summed E-state index contributed by atoms with van der Waals surface area (Å²) in [6.45, 7) is 7.30. The zero-order chi connectivity index (χ0) is 27.4. The van der Waals surface area contributed by atoms with Gasteiger partial charge in [0.2, 0.25) is 0 Å². The van der Waals surface area contributed by atoms with Gasteiger partial charge in [0.15, 0.2) is 0 Å². The minimum atomic E-state index is -1.00. The van der Waals surface area contributed by atoms with Crippen LogP contribution in [0.3, 0.4) is 0 Å². The Morgan fingerprint density at radius 1 is 1.18 bits per heavy atom. The molecule has 3 heterocycles. The van der Waals surface area contributed by atoms with Crippen molar-refractivity contribution >= 4 is 0 Å². The molecule has 4 rings (SSSR count). The van der Waals surface area contributed by atoms with Crippen molar-refractivity contribution in [2.75, 3.05) is 67.8 Å². The number of methoxy groups -OCH3 is 1. The van der Waals surface area contributed by atoms with Crippen molar-refractivity contribution in [3.8, 4) is 5.75 Å². The molecular formula is C27H47N7O4. The molecule has 1 aromatic rings. The van der Waals surface area contributed by atoms with E-state index in [1.807, 2.05) is 19.2 Å². The van der Waals surface area contributed by atoms with E-state index in [-0.39, 0.29) is 6.17 Å². The maximum absolute atomic E-state index is 11.0. The van der Waals surface area contributed by atoms with E-state index in [4.69, 9.17) is 15.2 Å². The molecule has 1 aromatic carbocycles. The monoisotopic (exact) mass is 533 g/mol. The summed E-state index contributed by atoms with van der Waals surface area (Å²) < 4.78 is 11.6. The Kier molecular flexibility index (Phi) is 9.74. The highest BCUT2D eigenvalue weighted by molar-refractivity contribution is 5.28. The van der Waals surface area contributed by atoms with Gasteiger partial charge in [-0.25, -0.2) is 4.90 Å². The van der Waals surface area contributed by atoms with Crippen LogP contribution in [0.15, 0.2) is 35.8 Å². The number of likely N-dealkylation sites (N-methyl/N-ethyl adjacent to an activating group) is 3. The second-order valence-corrected chi connectivity index (χ2v) is 10.9. The number of nitrogens with one attached hydrogen (secondary N) is 1. The maximum Gasteiger partial charge on any atom is 0.142 e. The van der Waals surface area contributed by atoms with Crippen LogP contribution in [0.2, 0.25) is 0 Å². The molecular weight excluding hydrogens is 486 g/mol. The van der Waals surface area contributed by atoms with Crippen molar-refractivity contribution in [2.24, 2.45) is 5.73 Å². The fourth-order valence-electron chi connectivity index (χ4n) is 5.63. The van der Waals surface area contributed by atoms with Crippen LogP contribution in [-0.2, 0) is 11.3 Å². The molecule has 11 nitrogen and oxygen atoms in total. The van der Waals surface area contributed by atoms with Crippen LogP contribution in [-0.4, -0.2) is 133 Å². The first-order valence-electron chi connectivity index (χ1n) is 13.7. The van der Waals surface area contributed by atoms with E-state index in [0.29, 0.717) is 19.9 Å². The first-order valence-corrected chi connectivity index (χ1v) is 13.7. The average Bonchev–Trinajstić information content (AvgIpc) is 3.46. The molecule has 0 spiro atoms. The second-order valence-electron chi connectivity index (χ2n) is 10.9. The molecule has 0 bridgehead atoms. The third-order valence-electron chi connectivity index (χ3n) is 7.84. The molecule has 0 aromatic heterocycles. The Balaban J connectivity index is 1.31. The summed E-state index contributed by atoms with van der Waals surface area (Å²) in [7, 11) is 7.85. The summed E-state index contributed by atoms with van der Waals surface area (Å²) in [6, 6.07) is 8.11. The van der Waals surface area contributed by atoms with Crippen LogP contribution >= 0.6 is 0 Å². The van der Waals surface area contributed by atoms with Crippen LogP contribution in [0.5, 0.6) is 5.75 Å². The van der Waals surface area contributed by atoms with Crippen molar-refractivity contribution in [2.45, 2.75) is 57.0 Å². The third kappa shape index (κ3) is 6.36. The summed E-state index contributed by atoms with van der Waals surface area (Å²) >= 11 is 0. The first-order chi connectivity index (χ1) is 18.2. The molecule has 5 N–H and O–H groups in total. The fraction of sp³-hybridized carbons (Fsp3) is 0.704. The Labute approximate surface area is 227 Å². The van der Waals surface area contributed by atoms with Gasteiger partial charge < -0.3 is 45.4 Å². The molecule has 38 heavy (non-hydrogen) atoms. The van der Waals surface area contributed by atoms with E-state index in [2.05, 4.69) is 63.0 Å². The number of benzene rings is 1. The van der Waals surface area contributed by atoms with Crippen LogP contribution in [0, 0.1) is 0 Å². The Hall–Kier alpha value is -2.12. The predicted octanol–water partition coefficient (Wildman–Crippen LogP) is -0.173. The number of hydrogen-bond acceptors (Lipinski definition) is 11. The molecule has 5 atom stereocenters. The zero-order valence-electron chi connectivity index (χ0n) is 23.6. The van der Waals surface area contributed by atoms with Crippen molar-refractivity contribution < 1.29 is 19.7 Å². The largest absolute Gasteiger partial charge is 0.497 e. The Morgan fingerprint density at radius 3 is 2.68 bits per heavy atom. The Morgan fingerprint density at radius 2 is 1.95 bits per heavy atom. The molecule has 214 valence electrons. The number of nitrogens with zero attached hydrogens (tertiary/aromatic N) is 5. The third-order valence-corrected chi connectivity index (χ3v) is 7.84. The van der Waals surface area contributed by atoms with Crippen LogP contribution in [0.4, 0.5) is 0 Å². The second kappa shape index (κ2) is 12.8. The van der Waals surface area contributed by atoms with E-state index in [1.54, 1.807) is 7.11 Å². The van der Waals surface area contributed by atoms with Gasteiger partial charge in [0, 0.05) is 32.7 Å². The molecule has 0 amide bonds. The minimum Gasteiger partial charge on any atom is -0.497 e. The van der Waals surface area contributed by atoms with Gasteiger partial charge in [-0.2, -0.15) is 0 Å². The molecule has 0 aliphatic carbocycles. The summed E-state index contributed by atoms with van der Waals surface area (Å²) in [5, 5.41) is 25.3. The number of nitrogens with two attached hydrogens (primary N) is 1. The number of aliphatic hydroxyl groups excluding tert-OH is 2. The number of unbranched alkanes of at least 4 members (excludes halogenated alkanes) is 1. The molecule has 0 radical (unpaired) electrons. The highest BCUT2D eigenvalue weighted by Gasteiger charge is 2.51. The van der Waals surface area contributed by atoms with Crippen molar-refractivity contribution in [3.05, 3.63) is 41.3 Å². The van der Waals surface area contributed by atoms with Crippen LogP contribution in [0.1, 0.15) is 25.3 Å². The SMILES string of the molecule is CCCCN1CN(C)C2C(=C1N)NCN2[C@@H]1O[C@H](CN(C)CCN(C)Cc2cccc(OC)c2)[C@@H](O)[C@H]1O. The number of hydrogen-bond donors (Lipinski definition) is 4. The molecule has 3 aliphatic rings. The number of aliphatic hydroxyl groups is 2. The van der Waals surface area contributed by atoms with Crippen LogP contribution < -0.4 is 15.8 Å². The number of fused-ring (bicyclic) bond motifs is 1. The van der Waals surface area contributed by atoms with Gasteiger partial charge in [-0.05, 0) is 45.3 Å². The van der Waals surface area contributed by atoms with E-state index < -0.39 is 24.5 Å². The molecule has 0 saturated carbocycles. The lowest BCUT2D eigenvalue weighted by Gasteiger charge is -2.43. The molecule has 2 fully saturated rings. The summed E-state index contributed by atoms with van der Waals surface area (Å²) in [4.78, 5) is 10.9. The number of ether oxygens (including phenoxy) is 2. The average molecular weight is 534 g/mol. The van der Waals surface area contributed by atoms with Crippen molar-refractivity contribution in [1.29, 1.82) is 0 Å². The van der Waals surface area contributed by atoms with Gasteiger partial charge in [0.05, 0.1) is 26.1 Å². The summed E-state index contributed by atoms with van der Waals surface area (Å²) in [5.41, 5.74) is 8.67. The van der Waals surface area contributed by atoms with Crippen molar-refractivity contribution in [3.63, 3.8) is 0 Å². The van der Waals surface area contributed by atoms with Gasteiger partial charge in [-0.3, -0.25) is 4.90 Å². The van der Waals surface area contributed by atoms with Gasteiger partial charge in [0.1, 0.15) is 42.3 Å². The number of rotatable bonds is 12. The highest BCUT2D eigenvalue weighted by Crippen LogP contribution is 2.33. The highest BCUT2D eigenvalue weighted by atomic mass is 16.6. The lowest BCUT2D eigenvalue weighted by Crippen LogP contribution is -2.57. The van der Waals surface area contributed by atoms with Crippen LogP contribution in [0.25, 0.3) is 0 Å². The molecule has 11 heteroatoms. The lowest BCUT2D eigenvalue weighted by molar-refractivity contribution is -0.120. The minimum absolute atomic E-state index is 0.124. The van der Waals surface area contributed by atoms with E-state index in [0.717, 1.165) is 56.3 Å². The zero-order valence-corrected chi connectivity index (χ0v) is 23.6.